The normalized spacial score (nSPS) is 13.0. The molecule has 0 heterocycles. The number of rotatable bonds is 7. The zero-order valence-electron chi connectivity index (χ0n) is 13.7. The van der Waals surface area contributed by atoms with Gasteiger partial charge in [0.1, 0.15) is 0 Å². The lowest BCUT2D eigenvalue weighted by Gasteiger charge is -2.05. The van der Waals surface area contributed by atoms with Gasteiger partial charge in [0.05, 0.1) is 5.71 Å². The summed E-state index contributed by atoms with van der Waals surface area (Å²) in [6.07, 6.45) is 4.97. The predicted molar refractivity (Wildman–Crippen MR) is 94.8 cm³/mol. The second kappa shape index (κ2) is 9.06. The van der Waals surface area contributed by atoms with Gasteiger partial charge >= 0.3 is 0 Å². The predicted octanol–water partition coefficient (Wildman–Crippen LogP) is 4.79. The fourth-order valence-electron chi connectivity index (χ4n) is 2.11. The molecule has 0 saturated heterocycles. The summed E-state index contributed by atoms with van der Waals surface area (Å²) in [6, 6.07) is 8.29. The van der Waals surface area contributed by atoms with Crippen molar-refractivity contribution in [1.82, 2.24) is 0 Å². The monoisotopic (exact) mass is 282 g/mol. The first-order valence-corrected chi connectivity index (χ1v) is 7.47. The first-order chi connectivity index (χ1) is 10.0. The Balaban J connectivity index is 2.73. The SMILES string of the molecule is C=C(C)/C=C(\C)CC/N=C/C(=N\CC)c1ccccc1C. The van der Waals surface area contributed by atoms with E-state index in [-0.39, 0.29) is 0 Å². The Kier molecular flexibility index (Phi) is 7.38. The summed E-state index contributed by atoms with van der Waals surface area (Å²) in [6.45, 7) is 13.7. The van der Waals surface area contributed by atoms with Crippen LogP contribution in [0.1, 0.15) is 38.3 Å². The van der Waals surface area contributed by atoms with Crippen LogP contribution in [0.2, 0.25) is 0 Å². The van der Waals surface area contributed by atoms with Crippen LogP contribution in [0.15, 0.2) is 58.1 Å². The van der Waals surface area contributed by atoms with E-state index in [2.05, 4.69) is 48.6 Å². The first-order valence-electron chi connectivity index (χ1n) is 7.47. The largest absolute Gasteiger partial charge is 0.291 e. The lowest BCUT2D eigenvalue weighted by atomic mass is 10.0. The fraction of sp³-hybridized carbons (Fsp3) is 0.368. The van der Waals surface area contributed by atoms with Crippen LogP contribution in [0.5, 0.6) is 0 Å². The lowest BCUT2D eigenvalue weighted by molar-refractivity contribution is 0.954. The minimum absolute atomic E-state index is 0.768. The third-order valence-corrected chi connectivity index (χ3v) is 3.09. The summed E-state index contributed by atoms with van der Waals surface area (Å²) in [5.41, 5.74) is 5.76. The molecule has 0 radical (unpaired) electrons. The van der Waals surface area contributed by atoms with Crippen LogP contribution in [0, 0.1) is 6.92 Å². The standard InChI is InChI=1S/C19H26N2/c1-6-21-19(18-10-8-7-9-17(18)5)14-20-12-11-16(4)13-15(2)3/h7-10,13-14H,2,6,11-12H2,1,3-5H3/b16-13+,20-14+,21-19+. The van der Waals surface area contributed by atoms with Crippen molar-refractivity contribution in [3.63, 3.8) is 0 Å². The molecule has 0 unspecified atom stereocenters. The average Bonchev–Trinajstić information content (AvgIpc) is 2.42. The molecule has 0 aliphatic heterocycles. The number of benzene rings is 1. The molecule has 2 heteroatoms. The summed E-state index contributed by atoms with van der Waals surface area (Å²) in [5.74, 6) is 0. The van der Waals surface area contributed by atoms with Crippen molar-refractivity contribution >= 4 is 11.9 Å². The van der Waals surface area contributed by atoms with Crippen LogP contribution in [-0.4, -0.2) is 25.0 Å². The molecule has 0 saturated carbocycles. The first kappa shape index (κ1) is 17.1. The van der Waals surface area contributed by atoms with Crippen molar-refractivity contribution in [2.45, 2.75) is 34.1 Å². The summed E-state index contributed by atoms with van der Waals surface area (Å²) >= 11 is 0. The van der Waals surface area contributed by atoms with Gasteiger partial charge in [0, 0.05) is 24.9 Å². The third kappa shape index (κ3) is 6.35. The van der Waals surface area contributed by atoms with Gasteiger partial charge < -0.3 is 0 Å². The molecule has 0 bridgehead atoms. The van der Waals surface area contributed by atoms with E-state index in [0.717, 1.165) is 36.4 Å². The van der Waals surface area contributed by atoms with Crippen LogP contribution < -0.4 is 0 Å². The van der Waals surface area contributed by atoms with Gasteiger partial charge in [-0.1, -0.05) is 48.1 Å². The van der Waals surface area contributed by atoms with Crippen molar-refractivity contribution in [2.24, 2.45) is 9.98 Å². The summed E-state index contributed by atoms with van der Waals surface area (Å²) in [4.78, 5) is 9.09. The van der Waals surface area contributed by atoms with Crippen molar-refractivity contribution < 1.29 is 0 Å². The zero-order chi connectivity index (χ0) is 15.7. The van der Waals surface area contributed by atoms with E-state index in [1.807, 2.05) is 32.2 Å². The molecule has 0 spiro atoms. The number of aliphatic imine (C=N–C) groups is 2. The van der Waals surface area contributed by atoms with E-state index in [9.17, 15) is 0 Å². The van der Waals surface area contributed by atoms with Crippen LogP contribution in [-0.2, 0) is 0 Å². The fourth-order valence-corrected chi connectivity index (χ4v) is 2.11. The Bertz CT molecular complexity index is 563. The molecule has 0 amide bonds. The molecule has 2 nitrogen and oxygen atoms in total. The molecule has 0 aliphatic rings. The second-order valence-electron chi connectivity index (χ2n) is 5.30. The molecule has 0 fully saturated rings. The van der Waals surface area contributed by atoms with Gasteiger partial charge in [0.15, 0.2) is 0 Å². The van der Waals surface area contributed by atoms with Crippen molar-refractivity contribution in [2.75, 3.05) is 13.1 Å². The number of nitrogens with zero attached hydrogens (tertiary/aromatic N) is 2. The maximum absolute atomic E-state index is 4.56. The highest BCUT2D eigenvalue weighted by Gasteiger charge is 2.02. The number of aryl methyl sites for hydroxylation is 1. The molecule has 0 aliphatic carbocycles. The van der Waals surface area contributed by atoms with Gasteiger partial charge in [0.25, 0.3) is 0 Å². The highest BCUT2D eigenvalue weighted by molar-refractivity contribution is 6.38. The Morgan fingerprint density at radius 1 is 1.24 bits per heavy atom. The van der Waals surface area contributed by atoms with Gasteiger partial charge in [-0.25, -0.2) is 0 Å². The van der Waals surface area contributed by atoms with Gasteiger partial charge in [-0.2, -0.15) is 0 Å². The van der Waals surface area contributed by atoms with Crippen molar-refractivity contribution in [1.29, 1.82) is 0 Å². The van der Waals surface area contributed by atoms with E-state index in [4.69, 9.17) is 0 Å². The van der Waals surface area contributed by atoms with Crippen LogP contribution in [0.4, 0.5) is 0 Å². The van der Waals surface area contributed by atoms with Crippen LogP contribution >= 0.6 is 0 Å². The van der Waals surface area contributed by atoms with E-state index < -0.39 is 0 Å². The Morgan fingerprint density at radius 2 is 1.95 bits per heavy atom. The third-order valence-electron chi connectivity index (χ3n) is 3.09. The topological polar surface area (TPSA) is 24.7 Å². The van der Waals surface area contributed by atoms with Crippen LogP contribution in [0.3, 0.4) is 0 Å². The van der Waals surface area contributed by atoms with Crippen molar-refractivity contribution in [3.8, 4) is 0 Å². The molecule has 21 heavy (non-hydrogen) atoms. The highest BCUT2D eigenvalue weighted by atomic mass is 14.8. The van der Waals surface area contributed by atoms with E-state index in [1.54, 1.807) is 0 Å². The summed E-state index contributed by atoms with van der Waals surface area (Å²) in [7, 11) is 0. The van der Waals surface area contributed by atoms with Crippen LogP contribution in [0.25, 0.3) is 0 Å². The highest BCUT2D eigenvalue weighted by Crippen LogP contribution is 2.08. The van der Waals surface area contributed by atoms with E-state index in [0.29, 0.717) is 0 Å². The quantitative estimate of drug-likeness (QED) is 0.507. The molecule has 0 N–H and O–H groups in total. The molecular formula is C19H26N2. The Labute approximate surface area is 129 Å². The second-order valence-corrected chi connectivity index (χ2v) is 5.30. The molecular weight excluding hydrogens is 256 g/mol. The van der Waals surface area contributed by atoms with Gasteiger partial charge in [0.2, 0.25) is 0 Å². The molecule has 0 aromatic heterocycles. The number of allylic oxidation sites excluding steroid dienone is 2. The molecule has 0 atom stereocenters. The Hall–Kier alpha value is -1.96. The average molecular weight is 282 g/mol. The minimum atomic E-state index is 0.768. The maximum atomic E-state index is 4.56. The molecule has 1 aromatic rings. The van der Waals surface area contributed by atoms with Gasteiger partial charge in [-0.05, 0) is 39.7 Å². The van der Waals surface area contributed by atoms with Gasteiger partial charge in [-0.3, -0.25) is 9.98 Å². The minimum Gasteiger partial charge on any atom is -0.291 e. The molecule has 1 rings (SSSR count). The van der Waals surface area contributed by atoms with Crippen molar-refractivity contribution in [3.05, 3.63) is 59.2 Å². The molecule has 1 aromatic carbocycles. The lowest BCUT2D eigenvalue weighted by Crippen LogP contribution is -2.06. The summed E-state index contributed by atoms with van der Waals surface area (Å²) < 4.78 is 0. The van der Waals surface area contributed by atoms with Gasteiger partial charge in [-0.15, -0.1) is 0 Å². The zero-order valence-corrected chi connectivity index (χ0v) is 13.7. The molecule has 112 valence electrons. The summed E-state index contributed by atoms with van der Waals surface area (Å²) in [5, 5.41) is 0. The smallest absolute Gasteiger partial charge is 0.0827 e. The van der Waals surface area contributed by atoms with E-state index >= 15 is 0 Å². The number of hydrogen-bond donors (Lipinski definition) is 0. The number of hydrogen-bond acceptors (Lipinski definition) is 2. The maximum Gasteiger partial charge on any atom is 0.0827 e. The Morgan fingerprint density at radius 3 is 2.57 bits per heavy atom. The van der Waals surface area contributed by atoms with E-state index in [1.165, 1.54) is 11.1 Å².